The molecule has 0 amide bonds. The lowest BCUT2D eigenvalue weighted by atomic mass is 10.0. The van der Waals surface area contributed by atoms with Gasteiger partial charge in [0.15, 0.2) is 6.10 Å². The summed E-state index contributed by atoms with van der Waals surface area (Å²) in [7, 11) is 0. The third kappa shape index (κ3) is 62.7. The summed E-state index contributed by atoms with van der Waals surface area (Å²) >= 11 is 0. The maximum absolute atomic E-state index is 12.9. The Balaban J connectivity index is 4.07. The number of carbonyl (C=O) groups excluding carboxylic acids is 3. The van der Waals surface area contributed by atoms with E-state index in [4.69, 9.17) is 14.2 Å². The van der Waals surface area contributed by atoms with E-state index < -0.39 is 6.10 Å². The Kier molecular flexibility index (Phi) is 63.6. The van der Waals surface area contributed by atoms with Crippen molar-refractivity contribution in [3.05, 3.63) is 24.3 Å². The number of carbonyl (C=O) groups is 3. The van der Waals surface area contributed by atoms with E-state index in [9.17, 15) is 14.4 Å². The molecule has 0 heterocycles. The van der Waals surface area contributed by atoms with Crippen molar-refractivity contribution in [2.24, 2.45) is 0 Å². The predicted octanol–water partition coefficient (Wildman–Crippen LogP) is 23.4. The van der Waals surface area contributed by atoms with Crippen molar-refractivity contribution in [2.75, 3.05) is 13.2 Å². The van der Waals surface area contributed by atoms with Crippen molar-refractivity contribution in [2.45, 2.75) is 393 Å². The second kappa shape index (κ2) is 65.4. The van der Waals surface area contributed by atoms with E-state index in [0.717, 1.165) is 57.8 Å². The van der Waals surface area contributed by atoms with Crippen LogP contribution in [-0.4, -0.2) is 37.2 Å². The van der Waals surface area contributed by atoms with Crippen LogP contribution in [0, 0.1) is 0 Å². The highest BCUT2D eigenvalue weighted by molar-refractivity contribution is 5.71. The minimum Gasteiger partial charge on any atom is -0.462 e. The van der Waals surface area contributed by atoms with Gasteiger partial charge in [0, 0.05) is 19.3 Å². The molecule has 0 radical (unpaired) electrons. The quantitative estimate of drug-likeness (QED) is 0.0261. The third-order valence-electron chi connectivity index (χ3n) is 15.7. The standard InChI is InChI=1S/C70H132O6/c1-4-7-10-13-16-19-22-24-26-28-29-30-31-32-33-34-35-36-37-38-39-40-41-43-44-46-48-51-54-57-60-63-69(72)75-66-67(65-74-68(71)62-59-56-53-50-21-18-15-12-9-6-3)76-70(73)64-61-58-55-52-49-47-45-42-27-25-23-20-17-14-11-8-5-2/h25,27-29,67H,4-24,26,30-66H2,1-3H3/b27-25-,29-28-. The van der Waals surface area contributed by atoms with Crippen LogP contribution in [0.3, 0.4) is 0 Å². The summed E-state index contributed by atoms with van der Waals surface area (Å²) in [4.78, 5) is 38.2. The lowest BCUT2D eigenvalue weighted by molar-refractivity contribution is -0.167. The molecule has 0 aromatic rings. The number of allylic oxidation sites excluding steroid dienone is 4. The van der Waals surface area contributed by atoms with Gasteiger partial charge < -0.3 is 14.2 Å². The van der Waals surface area contributed by atoms with Crippen LogP contribution >= 0.6 is 0 Å². The van der Waals surface area contributed by atoms with Crippen LogP contribution in [-0.2, 0) is 28.6 Å². The molecular formula is C70H132O6. The molecule has 0 bridgehead atoms. The first-order valence-corrected chi connectivity index (χ1v) is 34.3. The van der Waals surface area contributed by atoms with E-state index in [-0.39, 0.29) is 31.1 Å². The van der Waals surface area contributed by atoms with E-state index in [2.05, 4.69) is 45.1 Å². The molecule has 448 valence electrons. The molecule has 0 aromatic carbocycles. The fraction of sp³-hybridized carbons (Fsp3) is 0.900. The number of ether oxygens (including phenoxy) is 3. The molecule has 76 heavy (non-hydrogen) atoms. The highest BCUT2D eigenvalue weighted by Gasteiger charge is 2.19. The lowest BCUT2D eigenvalue weighted by Crippen LogP contribution is -2.30. The number of unbranched alkanes of at least 4 members (excludes halogenated alkanes) is 49. The molecule has 0 saturated heterocycles. The summed E-state index contributed by atoms with van der Waals surface area (Å²) in [6, 6.07) is 0. The van der Waals surface area contributed by atoms with Crippen molar-refractivity contribution in [1.29, 1.82) is 0 Å². The van der Waals surface area contributed by atoms with Crippen LogP contribution in [0.4, 0.5) is 0 Å². The van der Waals surface area contributed by atoms with E-state index in [1.165, 1.54) is 289 Å². The van der Waals surface area contributed by atoms with Crippen LogP contribution in [0.1, 0.15) is 387 Å². The Morgan fingerprint density at radius 2 is 0.434 bits per heavy atom. The molecule has 0 saturated carbocycles. The maximum atomic E-state index is 12.9. The van der Waals surface area contributed by atoms with Crippen LogP contribution in [0.15, 0.2) is 24.3 Å². The average molecular weight is 1070 g/mol. The molecule has 6 nitrogen and oxygen atoms in total. The molecule has 6 heteroatoms. The second-order valence-electron chi connectivity index (χ2n) is 23.4. The van der Waals surface area contributed by atoms with Gasteiger partial charge in [-0.3, -0.25) is 14.4 Å². The monoisotopic (exact) mass is 1070 g/mol. The normalized spacial score (nSPS) is 12.1. The maximum Gasteiger partial charge on any atom is 0.306 e. The molecule has 1 unspecified atom stereocenters. The summed E-state index contributed by atoms with van der Waals surface area (Å²) in [6.07, 6.45) is 79.3. The Morgan fingerprint density at radius 3 is 0.658 bits per heavy atom. The SMILES string of the molecule is CCCCCCCC/C=C\CCCCCCCCCC(=O)OC(COC(=O)CCCCCCCCCCCC)COC(=O)CCCCCCCCCCCCCCCCCCCCC/C=C\CCCCCCCCCC. The molecule has 0 spiro atoms. The van der Waals surface area contributed by atoms with E-state index in [1.54, 1.807) is 0 Å². The number of rotatable bonds is 64. The summed E-state index contributed by atoms with van der Waals surface area (Å²) in [6.45, 7) is 6.68. The van der Waals surface area contributed by atoms with E-state index >= 15 is 0 Å². The highest BCUT2D eigenvalue weighted by atomic mass is 16.6. The van der Waals surface area contributed by atoms with E-state index in [1.807, 2.05) is 0 Å². The summed E-state index contributed by atoms with van der Waals surface area (Å²) in [5, 5.41) is 0. The van der Waals surface area contributed by atoms with Crippen LogP contribution in [0.25, 0.3) is 0 Å². The summed E-state index contributed by atoms with van der Waals surface area (Å²) in [5.41, 5.74) is 0. The number of esters is 3. The average Bonchev–Trinajstić information content (AvgIpc) is 3.42. The van der Waals surface area contributed by atoms with Gasteiger partial charge >= 0.3 is 17.9 Å². The van der Waals surface area contributed by atoms with Gasteiger partial charge in [-0.05, 0) is 70.6 Å². The number of hydrogen-bond acceptors (Lipinski definition) is 6. The van der Waals surface area contributed by atoms with Gasteiger partial charge in [-0.1, -0.05) is 321 Å². The van der Waals surface area contributed by atoms with Crippen molar-refractivity contribution < 1.29 is 28.6 Å². The van der Waals surface area contributed by atoms with Crippen molar-refractivity contribution in [3.63, 3.8) is 0 Å². The molecule has 1 atom stereocenters. The second-order valence-corrected chi connectivity index (χ2v) is 23.4. The summed E-state index contributed by atoms with van der Waals surface area (Å²) in [5.74, 6) is -0.846. The molecular weight excluding hydrogens is 937 g/mol. The zero-order valence-corrected chi connectivity index (χ0v) is 51.6. The summed E-state index contributed by atoms with van der Waals surface area (Å²) < 4.78 is 16.9. The van der Waals surface area contributed by atoms with Gasteiger partial charge in [-0.2, -0.15) is 0 Å². The first-order chi connectivity index (χ1) is 37.5. The Labute approximate surface area is 474 Å². The van der Waals surface area contributed by atoms with Gasteiger partial charge in [-0.25, -0.2) is 0 Å². The fourth-order valence-electron chi connectivity index (χ4n) is 10.5. The fourth-order valence-corrected chi connectivity index (χ4v) is 10.5. The van der Waals surface area contributed by atoms with E-state index in [0.29, 0.717) is 19.3 Å². The van der Waals surface area contributed by atoms with Gasteiger partial charge in [0.2, 0.25) is 0 Å². The largest absolute Gasteiger partial charge is 0.462 e. The Bertz CT molecular complexity index is 1230. The first kappa shape index (κ1) is 73.9. The van der Waals surface area contributed by atoms with Crippen LogP contribution in [0.5, 0.6) is 0 Å². The molecule has 0 aliphatic rings. The van der Waals surface area contributed by atoms with Crippen molar-refractivity contribution in [1.82, 2.24) is 0 Å². The zero-order chi connectivity index (χ0) is 55.0. The van der Waals surface area contributed by atoms with Crippen LogP contribution in [0.2, 0.25) is 0 Å². The molecule has 0 fully saturated rings. The van der Waals surface area contributed by atoms with Crippen molar-refractivity contribution in [3.8, 4) is 0 Å². The molecule has 0 aromatic heterocycles. The molecule has 0 rings (SSSR count). The first-order valence-electron chi connectivity index (χ1n) is 34.3. The van der Waals surface area contributed by atoms with Gasteiger partial charge in [0.05, 0.1) is 0 Å². The van der Waals surface area contributed by atoms with Crippen LogP contribution < -0.4 is 0 Å². The van der Waals surface area contributed by atoms with Gasteiger partial charge in [-0.15, -0.1) is 0 Å². The predicted molar refractivity (Wildman–Crippen MR) is 330 cm³/mol. The Morgan fingerprint density at radius 1 is 0.250 bits per heavy atom. The zero-order valence-electron chi connectivity index (χ0n) is 51.6. The Hall–Kier alpha value is -2.11. The van der Waals surface area contributed by atoms with Gasteiger partial charge in [0.1, 0.15) is 13.2 Å². The minimum atomic E-state index is -0.769. The molecule has 0 aliphatic heterocycles. The topological polar surface area (TPSA) is 78.9 Å². The lowest BCUT2D eigenvalue weighted by Gasteiger charge is -2.18. The number of hydrogen-bond donors (Lipinski definition) is 0. The molecule has 0 N–H and O–H groups in total. The highest BCUT2D eigenvalue weighted by Crippen LogP contribution is 2.18. The smallest absolute Gasteiger partial charge is 0.306 e. The van der Waals surface area contributed by atoms with Gasteiger partial charge in [0.25, 0.3) is 0 Å². The van der Waals surface area contributed by atoms with Crippen molar-refractivity contribution >= 4 is 17.9 Å². The third-order valence-corrected chi connectivity index (χ3v) is 15.7. The minimum absolute atomic E-state index is 0.0671. The molecule has 0 aliphatic carbocycles.